The number of rotatable bonds is 3. The zero-order valence-corrected chi connectivity index (χ0v) is 10.5. The summed E-state index contributed by atoms with van der Waals surface area (Å²) in [5.41, 5.74) is 2.90. The molecule has 0 saturated carbocycles. The van der Waals surface area contributed by atoms with Crippen molar-refractivity contribution in [1.29, 1.82) is 0 Å². The molecule has 0 aliphatic heterocycles. The summed E-state index contributed by atoms with van der Waals surface area (Å²) in [6, 6.07) is 8.23. The van der Waals surface area contributed by atoms with Crippen LogP contribution in [0.3, 0.4) is 0 Å². The minimum absolute atomic E-state index is 0.298. The van der Waals surface area contributed by atoms with Gasteiger partial charge in [-0.15, -0.1) is 0 Å². The van der Waals surface area contributed by atoms with Crippen molar-refractivity contribution in [1.82, 2.24) is 9.55 Å². The van der Waals surface area contributed by atoms with E-state index >= 15 is 0 Å². The second-order valence-electron chi connectivity index (χ2n) is 4.64. The van der Waals surface area contributed by atoms with Gasteiger partial charge in [0.05, 0.1) is 18.2 Å². The molecular weight excluding hydrogens is 212 g/mol. The lowest BCUT2D eigenvalue weighted by Crippen LogP contribution is -2.10. The number of benzene rings is 1. The predicted octanol–water partition coefficient (Wildman–Crippen LogP) is 2.85. The van der Waals surface area contributed by atoms with Crippen LogP contribution in [0.1, 0.15) is 42.8 Å². The molecule has 1 heterocycles. The Bertz CT molecular complexity index is 502. The first-order chi connectivity index (χ1) is 8.09. The predicted molar refractivity (Wildman–Crippen MR) is 67.9 cm³/mol. The van der Waals surface area contributed by atoms with Gasteiger partial charge in [-0.05, 0) is 26.3 Å². The van der Waals surface area contributed by atoms with Crippen LogP contribution in [0.4, 0.5) is 0 Å². The third-order valence-electron chi connectivity index (χ3n) is 2.89. The molecule has 2 rings (SSSR count). The third kappa shape index (κ3) is 2.39. The standard InChI is InChI=1S/C14H18N2O/c1-10(2)16-9-15-8-13(16)14(17)12-6-4-5-11(3)7-12/h4-10,14,17H,1-3H3. The van der Waals surface area contributed by atoms with Crippen molar-refractivity contribution in [2.75, 3.05) is 0 Å². The number of aliphatic hydroxyl groups is 1. The van der Waals surface area contributed by atoms with Crippen LogP contribution in [-0.2, 0) is 0 Å². The summed E-state index contributed by atoms with van der Waals surface area (Å²) in [5, 5.41) is 10.4. The highest BCUT2D eigenvalue weighted by molar-refractivity contribution is 5.29. The number of nitrogens with zero attached hydrogens (tertiary/aromatic N) is 2. The van der Waals surface area contributed by atoms with E-state index in [1.807, 2.05) is 35.8 Å². The Labute approximate surface area is 102 Å². The van der Waals surface area contributed by atoms with Gasteiger partial charge >= 0.3 is 0 Å². The number of hydrogen-bond acceptors (Lipinski definition) is 2. The fourth-order valence-corrected chi connectivity index (χ4v) is 1.97. The zero-order valence-electron chi connectivity index (χ0n) is 10.5. The van der Waals surface area contributed by atoms with Gasteiger partial charge in [0, 0.05) is 6.04 Å². The molecule has 0 spiro atoms. The normalized spacial score (nSPS) is 13.0. The van der Waals surface area contributed by atoms with Crippen LogP contribution >= 0.6 is 0 Å². The van der Waals surface area contributed by atoms with Crippen molar-refractivity contribution in [3.63, 3.8) is 0 Å². The molecule has 90 valence electrons. The van der Waals surface area contributed by atoms with Gasteiger partial charge in [0.2, 0.25) is 0 Å². The Morgan fingerprint density at radius 3 is 2.71 bits per heavy atom. The molecule has 0 saturated heterocycles. The van der Waals surface area contributed by atoms with E-state index < -0.39 is 6.10 Å². The second-order valence-corrected chi connectivity index (χ2v) is 4.64. The molecule has 0 aliphatic carbocycles. The summed E-state index contributed by atoms with van der Waals surface area (Å²) in [7, 11) is 0. The smallest absolute Gasteiger partial charge is 0.121 e. The van der Waals surface area contributed by atoms with Crippen LogP contribution in [-0.4, -0.2) is 14.7 Å². The van der Waals surface area contributed by atoms with E-state index in [0.717, 1.165) is 16.8 Å². The highest BCUT2D eigenvalue weighted by Gasteiger charge is 2.16. The molecule has 0 bridgehead atoms. The van der Waals surface area contributed by atoms with Crippen LogP contribution in [0, 0.1) is 6.92 Å². The molecule has 3 nitrogen and oxygen atoms in total. The molecule has 0 aliphatic rings. The molecule has 1 unspecified atom stereocenters. The maximum atomic E-state index is 10.4. The minimum atomic E-state index is -0.611. The number of aryl methyl sites for hydroxylation is 1. The van der Waals surface area contributed by atoms with Gasteiger partial charge in [0.15, 0.2) is 0 Å². The van der Waals surface area contributed by atoms with Crippen LogP contribution in [0.25, 0.3) is 0 Å². The average molecular weight is 230 g/mol. The summed E-state index contributed by atoms with van der Waals surface area (Å²) in [6.45, 7) is 6.18. The lowest BCUT2D eigenvalue weighted by molar-refractivity contribution is 0.208. The molecule has 1 aromatic carbocycles. The second kappa shape index (κ2) is 4.72. The van der Waals surface area contributed by atoms with Gasteiger partial charge in [-0.25, -0.2) is 4.98 Å². The molecule has 1 N–H and O–H groups in total. The summed E-state index contributed by atoms with van der Waals surface area (Å²) in [5.74, 6) is 0. The van der Waals surface area contributed by atoms with Crippen LogP contribution in [0.5, 0.6) is 0 Å². The maximum absolute atomic E-state index is 10.4. The zero-order chi connectivity index (χ0) is 12.4. The van der Waals surface area contributed by atoms with Crippen molar-refractivity contribution in [3.8, 4) is 0 Å². The van der Waals surface area contributed by atoms with Crippen molar-refractivity contribution in [2.45, 2.75) is 32.9 Å². The lowest BCUT2D eigenvalue weighted by atomic mass is 10.0. The molecule has 17 heavy (non-hydrogen) atoms. The van der Waals surface area contributed by atoms with Crippen molar-refractivity contribution < 1.29 is 5.11 Å². The van der Waals surface area contributed by atoms with E-state index in [9.17, 15) is 5.11 Å². The van der Waals surface area contributed by atoms with Crippen LogP contribution in [0.15, 0.2) is 36.8 Å². The molecular formula is C14H18N2O. The number of hydrogen-bond donors (Lipinski definition) is 1. The summed E-state index contributed by atoms with van der Waals surface area (Å²) in [4.78, 5) is 4.12. The maximum Gasteiger partial charge on any atom is 0.121 e. The van der Waals surface area contributed by atoms with Crippen molar-refractivity contribution in [2.24, 2.45) is 0 Å². The number of aliphatic hydroxyl groups excluding tert-OH is 1. The molecule has 0 fully saturated rings. The highest BCUT2D eigenvalue weighted by Crippen LogP contribution is 2.24. The topological polar surface area (TPSA) is 38.1 Å². The third-order valence-corrected chi connectivity index (χ3v) is 2.89. The van der Waals surface area contributed by atoms with Gasteiger partial charge in [-0.1, -0.05) is 29.8 Å². The van der Waals surface area contributed by atoms with E-state index in [-0.39, 0.29) is 0 Å². The van der Waals surface area contributed by atoms with Crippen molar-refractivity contribution >= 4 is 0 Å². The van der Waals surface area contributed by atoms with E-state index in [1.165, 1.54) is 0 Å². The Kier molecular flexibility index (Phi) is 3.29. The number of imidazole rings is 1. The summed E-state index contributed by atoms with van der Waals surface area (Å²) >= 11 is 0. The molecule has 0 radical (unpaired) electrons. The fraction of sp³-hybridized carbons (Fsp3) is 0.357. The first-order valence-electron chi connectivity index (χ1n) is 5.86. The first kappa shape index (κ1) is 11.9. The molecule has 0 amide bonds. The van der Waals surface area contributed by atoms with Crippen molar-refractivity contribution in [3.05, 3.63) is 53.6 Å². The number of aromatic nitrogens is 2. The molecule has 1 atom stereocenters. The van der Waals surface area contributed by atoms with E-state index in [1.54, 1.807) is 12.5 Å². The van der Waals surface area contributed by atoms with E-state index in [4.69, 9.17) is 0 Å². The minimum Gasteiger partial charge on any atom is -0.382 e. The molecule has 3 heteroatoms. The molecule has 2 aromatic rings. The van der Waals surface area contributed by atoms with Gasteiger partial charge in [0.1, 0.15) is 6.10 Å². The summed E-state index contributed by atoms with van der Waals surface area (Å²) < 4.78 is 1.99. The fourth-order valence-electron chi connectivity index (χ4n) is 1.97. The summed E-state index contributed by atoms with van der Waals surface area (Å²) in [6.07, 6.45) is 2.88. The van der Waals surface area contributed by atoms with Gasteiger partial charge in [-0.3, -0.25) is 0 Å². The van der Waals surface area contributed by atoms with Crippen LogP contribution < -0.4 is 0 Å². The quantitative estimate of drug-likeness (QED) is 0.880. The van der Waals surface area contributed by atoms with Gasteiger partial charge in [0.25, 0.3) is 0 Å². The van der Waals surface area contributed by atoms with E-state index in [0.29, 0.717) is 6.04 Å². The Hall–Kier alpha value is -1.61. The Morgan fingerprint density at radius 1 is 1.29 bits per heavy atom. The van der Waals surface area contributed by atoms with Gasteiger partial charge in [-0.2, -0.15) is 0 Å². The van der Waals surface area contributed by atoms with E-state index in [2.05, 4.69) is 18.8 Å². The highest BCUT2D eigenvalue weighted by atomic mass is 16.3. The Balaban J connectivity index is 2.37. The lowest BCUT2D eigenvalue weighted by Gasteiger charge is -2.17. The monoisotopic (exact) mass is 230 g/mol. The Morgan fingerprint density at radius 2 is 2.06 bits per heavy atom. The van der Waals surface area contributed by atoms with Crippen LogP contribution in [0.2, 0.25) is 0 Å². The first-order valence-corrected chi connectivity index (χ1v) is 5.86. The SMILES string of the molecule is Cc1cccc(C(O)c2cncn2C(C)C)c1. The van der Waals surface area contributed by atoms with Gasteiger partial charge < -0.3 is 9.67 Å². The molecule has 1 aromatic heterocycles. The average Bonchev–Trinajstić information content (AvgIpc) is 2.77. The largest absolute Gasteiger partial charge is 0.382 e.